The average Bonchev–Trinajstić information content (AvgIpc) is 2.47. The van der Waals surface area contributed by atoms with E-state index in [9.17, 15) is 9.18 Å². The number of nitrogens with zero attached hydrogens (tertiary/aromatic N) is 1. The summed E-state index contributed by atoms with van der Waals surface area (Å²) in [5.74, 6) is 4.13. The van der Waals surface area contributed by atoms with E-state index in [0.29, 0.717) is 5.82 Å². The lowest BCUT2D eigenvalue weighted by atomic mass is 10.1. The van der Waals surface area contributed by atoms with Gasteiger partial charge in [-0.2, -0.15) is 0 Å². The maximum Gasteiger partial charge on any atom is 0.256 e. The van der Waals surface area contributed by atoms with E-state index >= 15 is 0 Å². The van der Waals surface area contributed by atoms with E-state index in [1.165, 1.54) is 12.1 Å². The molecular weight excluding hydrogens is 259 g/mol. The molecule has 1 heterocycles. The van der Waals surface area contributed by atoms with Gasteiger partial charge >= 0.3 is 0 Å². The van der Waals surface area contributed by atoms with Crippen molar-refractivity contribution in [3.63, 3.8) is 0 Å². The Hall–Kier alpha value is -2.71. The van der Waals surface area contributed by atoms with Gasteiger partial charge < -0.3 is 10.4 Å². The number of pyridine rings is 1. The van der Waals surface area contributed by atoms with E-state index in [1.54, 1.807) is 24.4 Å². The molecule has 0 bridgehead atoms. The molecule has 1 aromatic heterocycles. The Morgan fingerprint density at radius 2 is 2.20 bits per heavy atom. The molecule has 4 nitrogen and oxygen atoms in total. The summed E-state index contributed by atoms with van der Waals surface area (Å²) >= 11 is 0. The second-order valence-corrected chi connectivity index (χ2v) is 3.82. The fourth-order valence-corrected chi connectivity index (χ4v) is 1.52. The van der Waals surface area contributed by atoms with Crippen molar-refractivity contribution in [3.05, 3.63) is 59.5 Å². The van der Waals surface area contributed by atoms with Crippen LogP contribution in [0.2, 0.25) is 0 Å². The lowest BCUT2D eigenvalue weighted by Gasteiger charge is -2.04. The monoisotopic (exact) mass is 270 g/mol. The molecule has 0 atom stereocenters. The molecule has 0 aliphatic carbocycles. The van der Waals surface area contributed by atoms with Gasteiger partial charge in [0, 0.05) is 11.8 Å². The Bertz CT molecular complexity index is 675. The number of hydrogen-bond acceptors (Lipinski definition) is 3. The first-order valence-corrected chi connectivity index (χ1v) is 5.82. The maximum absolute atomic E-state index is 13.7. The Morgan fingerprint density at radius 3 is 2.85 bits per heavy atom. The zero-order valence-electron chi connectivity index (χ0n) is 10.4. The average molecular weight is 270 g/mol. The number of aromatic nitrogens is 1. The van der Waals surface area contributed by atoms with Gasteiger partial charge in [-0.05, 0) is 30.3 Å². The minimum atomic E-state index is -0.611. The van der Waals surface area contributed by atoms with Crippen molar-refractivity contribution in [3.8, 4) is 11.8 Å². The van der Waals surface area contributed by atoms with E-state index in [2.05, 4.69) is 22.1 Å². The van der Waals surface area contributed by atoms with Crippen LogP contribution in [0.25, 0.3) is 0 Å². The second kappa shape index (κ2) is 6.45. The molecule has 0 aliphatic rings. The van der Waals surface area contributed by atoms with Gasteiger partial charge in [0.25, 0.3) is 5.91 Å². The SMILES string of the molecule is O=C(Nc1ccccn1)c1ccc(C#CCO)c(F)c1. The Kier molecular flexibility index (Phi) is 4.43. The highest BCUT2D eigenvalue weighted by atomic mass is 19.1. The molecule has 1 aromatic carbocycles. The van der Waals surface area contributed by atoms with Crippen LogP contribution in [0.1, 0.15) is 15.9 Å². The standard InChI is InChI=1S/C15H11FN2O2/c16-13-10-12(7-6-11(13)4-3-9-19)15(20)18-14-5-1-2-8-17-14/h1-2,5-8,10,19H,9H2,(H,17,18,20). The molecule has 20 heavy (non-hydrogen) atoms. The van der Waals surface area contributed by atoms with Crippen LogP contribution in [0.4, 0.5) is 10.2 Å². The highest BCUT2D eigenvalue weighted by molar-refractivity contribution is 6.03. The summed E-state index contributed by atoms with van der Waals surface area (Å²) in [6, 6.07) is 9.05. The topological polar surface area (TPSA) is 62.2 Å². The summed E-state index contributed by atoms with van der Waals surface area (Å²) in [6.45, 7) is -0.346. The Balaban J connectivity index is 2.17. The maximum atomic E-state index is 13.7. The number of hydrogen-bond donors (Lipinski definition) is 2. The quantitative estimate of drug-likeness (QED) is 0.818. The fourth-order valence-electron chi connectivity index (χ4n) is 1.52. The number of aliphatic hydroxyl groups excluding tert-OH is 1. The van der Waals surface area contributed by atoms with Gasteiger partial charge in [0.1, 0.15) is 18.2 Å². The van der Waals surface area contributed by atoms with E-state index in [1.807, 2.05) is 0 Å². The summed E-state index contributed by atoms with van der Waals surface area (Å²) in [7, 11) is 0. The zero-order chi connectivity index (χ0) is 14.4. The fraction of sp³-hybridized carbons (Fsp3) is 0.0667. The number of benzene rings is 1. The third-order valence-corrected chi connectivity index (χ3v) is 2.44. The predicted octanol–water partition coefficient (Wildman–Crippen LogP) is 1.82. The molecule has 0 saturated carbocycles. The van der Waals surface area contributed by atoms with Crippen molar-refractivity contribution in [1.29, 1.82) is 0 Å². The third kappa shape index (κ3) is 3.40. The summed E-state index contributed by atoms with van der Waals surface area (Å²) in [5, 5.41) is 11.1. The molecule has 1 amide bonds. The van der Waals surface area contributed by atoms with Crippen LogP contribution in [0.5, 0.6) is 0 Å². The molecule has 2 rings (SSSR count). The first kappa shape index (κ1) is 13.7. The highest BCUT2D eigenvalue weighted by Gasteiger charge is 2.09. The molecule has 0 spiro atoms. The molecule has 0 saturated heterocycles. The number of anilines is 1. The predicted molar refractivity (Wildman–Crippen MR) is 72.6 cm³/mol. The molecule has 2 N–H and O–H groups in total. The molecule has 2 aromatic rings. The lowest BCUT2D eigenvalue weighted by molar-refractivity contribution is 0.102. The summed E-state index contributed by atoms with van der Waals surface area (Å²) in [4.78, 5) is 15.8. The van der Waals surface area contributed by atoms with Gasteiger partial charge in [-0.1, -0.05) is 17.9 Å². The van der Waals surface area contributed by atoms with E-state index < -0.39 is 11.7 Å². The molecular formula is C15H11FN2O2. The van der Waals surface area contributed by atoms with E-state index in [0.717, 1.165) is 6.07 Å². The van der Waals surface area contributed by atoms with Crippen molar-refractivity contribution < 1.29 is 14.3 Å². The highest BCUT2D eigenvalue weighted by Crippen LogP contribution is 2.11. The van der Waals surface area contributed by atoms with Crippen LogP contribution >= 0.6 is 0 Å². The summed E-state index contributed by atoms with van der Waals surface area (Å²) in [5.41, 5.74) is 0.302. The smallest absolute Gasteiger partial charge is 0.256 e. The number of halogens is 1. The zero-order valence-corrected chi connectivity index (χ0v) is 10.4. The molecule has 0 fully saturated rings. The van der Waals surface area contributed by atoms with Crippen molar-refractivity contribution in [2.45, 2.75) is 0 Å². The number of nitrogens with one attached hydrogen (secondary N) is 1. The molecule has 5 heteroatoms. The van der Waals surface area contributed by atoms with Crippen LogP contribution < -0.4 is 5.32 Å². The molecule has 100 valence electrons. The second-order valence-electron chi connectivity index (χ2n) is 3.82. The first-order chi connectivity index (χ1) is 9.70. The largest absolute Gasteiger partial charge is 0.384 e. The number of carbonyl (C=O) groups excluding carboxylic acids is 1. The van der Waals surface area contributed by atoms with Gasteiger partial charge in [0.2, 0.25) is 0 Å². The van der Waals surface area contributed by atoms with Crippen LogP contribution in [0.3, 0.4) is 0 Å². The summed E-state index contributed by atoms with van der Waals surface area (Å²) in [6.07, 6.45) is 1.55. The van der Waals surface area contributed by atoms with Crippen LogP contribution in [-0.4, -0.2) is 22.6 Å². The van der Waals surface area contributed by atoms with Crippen LogP contribution in [-0.2, 0) is 0 Å². The minimum Gasteiger partial charge on any atom is -0.384 e. The van der Waals surface area contributed by atoms with Gasteiger partial charge in [0.15, 0.2) is 0 Å². The van der Waals surface area contributed by atoms with Crippen LogP contribution in [0, 0.1) is 17.7 Å². The molecule has 0 unspecified atom stereocenters. The normalized spacial score (nSPS) is 9.50. The molecule has 0 aliphatic heterocycles. The minimum absolute atomic E-state index is 0.133. The van der Waals surface area contributed by atoms with Gasteiger partial charge in [-0.25, -0.2) is 9.37 Å². The number of aliphatic hydroxyl groups is 1. The van der Waals surface area contributed by atoms with E-state index in [4.69, 9.17) is 5.11 Å². The van der Waals surface area contributed by atoms with Gasteiger partial charge in [0.05, 0.1) is 5.56 Å². The summed E-state index contributed by atoms with van der Waals surface area (Å²) < 4.78 is 13.7. The third-order valence-electron chi connectivity index (χ3n) is 2.44. The Morgan fingerprint density at radius 1 is 1.35 bits per heavy atom. The van der Waals surface area contributed by atoms with Gasteiger partial charge in [-0.3, -0.25) is 4.79 Å². The molecule has 0 radical (unpaired) electrons. The number of carbonyl (C=O) groups is 1. The number of amides is 1. The van der Waals surface area contributed by atoms with Crippen molar-refractivity contribution in [2.24, 2.45) is 0 Å². The first-order valence-electron chi connectivity index (χ1n) is 5.82. The van der Waals surface area contributed by atoms with Crippen molar-refractivity contribution >= 4 is 11.7 Å². The van der Waals surface area contributed by atoms with E-state index in [-0.39, 0.29) is 17.7 Å². The van der Waals surface area contributed by atoms with Crippen molar-refractivity contribution in [2.75, 3.05) is 11.9 Å². The van der Waals surface area contributed by atoms with Crippen LogP contribution in [0.15, 0.2) is 42.6 Å². The number of rotatable bonds is 2. The van der Waals surface area contributed by atoms with Gasteiger partial charge in [-0.15, -0.1) is 0 Å². The lowest BCUT2D eigenvalue weighted by Crippen LogP contribution is -2.13. The van der Waals surface area contributed by atoms with Crippen molar-refractivity contribution in [1.82, 2.24) is 4.98 Å². The Labute approximate surface area is 115 Å².